The zero-order valence-corrected chi connectivity index (χ0v) is 18.9. The van der Waals surface area contributed by atoms with Crippen LogP contribution < -0.4 is 14.9 Å². The summed E-state index contributed by atoms with van der Waals surface area (Å²) in [5.41, 5.74) is 3.81. The molecule has 3 aromatic rings. The van der Waals surface area contributed by atoms with Crippen molar-refractivity contribution in [3.05, 3.63) is 92.4 Å². The van der Waals surface area contributed by atoms with Crippen molar-refractivity contribution < 1.29 is 19.1 Å². The number of carbonyl (C=O) groups is 2. The van der Waals surface area contributed by atoms with E-state index in [1.807, 2.05) is 6.07 Å². The smallest absolute Gasteiger partial charge is 0.343 e. The quantitative estimate of drug-likeness (QED) is 0.205. The van der Waals surface area contributed by atoms with Crippen LogP contribution in [0.5, 0.6) is 11.5 Å². The third-order valence-electron chi connectivity index (χ3n) is 3.96. The largest absolute Gasteiger partial charge is 0.497 e. The second-order valence-corrected chi connectivity index (χ2v) is 7.84. The van der Waals surface area contributed by atoms with E-state index in [-0.39, 0.29) is 5.91 Å². The Kier molecular flexibility index (Phi) is 7.37. The Labute approximate surface area is 190 Å². The van der Waals surface area contributed by atoms with Crippen molar-refractivity contribution in [2.45, 2.75) is 0 Å². The molecule has 0 fully saturated rings. The molecule has 1 N–H and O–H groups in total. The van der Waals surface area contributed by atoms with Gasteiger partial charge in [-0.05, 0) is 60.7 Å². The van der Waals surface area contributed by atoms with Crippen molar-refractivity contribution in [3.63, 3.8) is 0 Å². The average molecular weight is 532 g/mol. The van der Waals surface area contributed by atoms with Crippen molar-refractivity contribution in [3.8, 4) is 11.5 Å². The lowest BCUT2D eigenvalue weighted by atomic mass is 10.2. The number of esters is 1. The van der Waals surface area contributed by atoms with Gasteiger partial charge in [0.05, 0.1) is 18.9 Å². The van der Waals surface area contributed by atoms with Gasteiger partial charge >= 0.3 is 5.97 Å². The van der Waals surface area contributed by atoms with Crippen LogP contribution in [0.4, 0.5) is 0 Å². The van der Waals surface area contributed by atoms with E-state index in [2.05, 4.69) is 42.4 Å². The summed E-state index contributed by atoms with van der Waals surface area (Å²) in [6.07, 6.45) is 1.41. The van der Waals surface area contributed by atoms with E-state index in [4.69, 9.17) is 9.47 Å². The SMILES string of the molecule is COc1ccc(C(=O)Oc2ccc(Br)cc2/C=N\NC(=O)c2cccc(Br)c2)cc1. The molecule has 0 aliphatic carbocycles. The predicted molar refractivity (Wildman–Crippen MR) is 121 cm³/mol. The van der Waals surface area contributed by atoms with Gasteiger partial charge in [-0.3, -0.25) is 4.79 Å². The highest BCUT2D eigenvalue weighted by molar-refractivity contribution is 9.10. The number of methoxy groups -OCH3 is 1. The minimum Gasteiger partial charge on any atom is -0.497 e. The Hall–Kier alpha value is -2.97. The first-order valence-electron chi connectivity index (χ1n) is 8.71. The van der Waals surface area contributed by atoms with Crippen molar-refractivity contribution in [2.75, 3.05) is 7.11 Å². The zero-order chi connectivity index (χ0) is 21.5. The summed E-state index contributed by atoms with van der Waals surface area (Å²) < 4.78 is 12.2. The Balaban J connectivity index is 1.73. The molecule has 6 nitrogen and oxygen atoms in total. The number of amides is 1. The van der Waals surface area contributed by atoms with E-state index in [0.717, 1.165) is 8.95 Å². The molecule has 0 atom stereocenters. The molecule has 3 rings (SSSR count). The molecule has 0 bridgehead atoms. The number of nitrogens with one attached hydrogen (secondary N) is 1. The van der Waals surface area contributed by atoms with Crippen molar-refractivity contribution >= 4 is 50.0 Å². The normalized spacial score (nSPS) is 10.6. The molecule has 0 unspecified atom stereocenters. The minimum absolute atomic E-state index is 0.305. The fourth-order valence-corrected chi connectivity index (χ4v) is 3.23. The maximum absolute atomic E-state index is 12.5. The van der Waals surface area contributed by atoms with Crippen LogP contribution in [-0.2, 0) is 0 Å². The summed E-state index contributed by atoms with van der Waals surface area (Å²) in [6, 6.07) is 18.7. The monoisotopic (exact) mass is 530 g/mol. The number of rotatable bonds is 6. The molecule has 30 heavy (non-hydrogen) atoms. The molecule has 0 radical (unpaired) electrons. The van der Waals surface area contributed by atoms with Gasteiger partial charge in [-0.2, -0.15) is 5.10 Å². The summed E-state index contributed by atoms with van der Waals surface area (Å²) in [7, 11) is 1.55. The maximum atomic E-state index is 12.5. The minimum atomic E-state index is -0.521. The molecule has 0 aromatic heterocycles. The number of carbonyl (C=O) groups excluding carboxylic acids is 2. The lowest BCUT2D eigenvalue weighted by Gasteiger charge is -2.08. The van der Waals surface area contributed by atoms with Gasteiger partial charge in [0.1, 0.15) is 11.5 Å². The zero-order valence-electron chi connectivity index (χ0n) is 15.8. The fourth-order valence-electron chi connectivity index (χ4n) is 2.45. The number of halogens is 2. The molecule has 0 saturated carbocycles. The van der Waals surface area contributed by atoms with Crippen LogP contribution >= 0.6 is 31.9 Å². The van der Waals surface area contributed by atoms with E-state index in [9.17, 15) is 9.59 Å². The first-order valence-corrected chi connectivity index (χ1v) is 10.3. The summed E-state index contributed by atoms with van der Waals surface area (Å²) in [6.45, 7) is 0. The highest BCUT2D eigenvalue weighted by Crippen LogP contribution is 2.23. The Morgan fingerprint density at radius 2 is 1.67 bits per heavy atom. The van der Waals surface area contributed by atoms with Crippen molar-refractivity contribution in [2.24, 2.45) is 5.10 Å². The van der Waals surface area contributed by atoms with Gasteiger partial charge in [0.15, 0.2) is 0 Å². The summed E-state index contributed by atoms with van der Waals surface area (Å²) in [5, 5.41) is 3.98. The summed E-state index contributed by atoms with van der Waals surface area (Å²) >= 11 is 6.70. The molecular formula is C22H16Br2N2O4. The topological polar surface area (TPSA) is 77.0 Å². The molecule has 8 heteroatoms. The number of nitrogens with zero attached hydrogens (tertiary/aromatic N) is 1. The van der Waals surface area contributed by atoms with Crippen LogP contribution in [0.2, 0.25) is 0 Å². The van der Waals surface area contributed by atoms with Crippen LogP contribution in [0.3, 0.4) is 0 Å². The lowest BCUT2D eigenvalue weighted by molar-refractivity contribution is 0.0734. The number of hydrogen-bond acceptors (Lipinski definition) is 5. The second kappa shape index (κ2) is 10.2. The molecule has 0 aliphatic heterocycles. The Bertz CT molecular complexity index is 1100. The molecule has 1 amide bonds. The third-order valence-corrected chi connectivity index (χ3v) is 4.94. The van der Waals surface area contributed by atoms with Gasteiger partial charge in [0.25, 0.3) is 5.91 Å². The first-order chi connectivity index (χ1) is 14.5. The number of benzene rings is 3. The van der Waals surface area contributed by atoms with Crippen LogP contribution in [0, 0.1) is 0 Å². The molecule has 0 spiro atoms. The number of ether oxygens (including phenoxy) is 2. The first kappa shape index (κ1) is 21.7. The predicted octanol–water partition coefficient (Wildman–Crippen LogP) is 5.20. The molecule has 152 valence electrons. The molecule has 0 aliphatic rings. The van der Waals surface area contributed by atoms with E-state index in [0.29, 0.717) is 28.2 Å². The number of hydrogen-bond donors (Lipinski definition) is 1. The standard InChI is InChI=1S/C22H16Br2N2O4/c1-29-19-8-5-14(6-9-19)22(28)30-20-10-7-18(24)12-16(20)13-25-26-21(27)15-3-2-4-17(23)11-15/h2-13H,1H3,(H,26,27)/b25-13-. The van der Waals surface area contributed by atoms with Gasteiger partial charge in [0.2, 0.25) is 0 Å². The summed E-state index contributed by atoms with van der Waals surface area (Å²) in [5.74, 6) is 0.0656. The van der Waals surface area contributed by atoms with Crippen LogP contribution in [0.15, 0.2) is 80.8 Å². The maximum Gasteiger partial charge on any atom is 0.343 e. The Morgan fingerprint density at radius 1 is 0.933 bits per heavy atom. The van der Waals surface area contributed by atoms with E-state index in [1.54, 1.807) is 67.8 Å². The fraction of sp³-hybridized carbons (Fsp3) is 0.0455. The van der Waals surface area contributed by atoms with Crippen LogP contribution in [0.1, 0.15) is 26.3 Å². The lowest BCUT2D eigenvalue weighted by Crippen LogP contribution is -2.17. The summed E-state index contributed by atoms with van der Waals surface area (Å²) in [4.78, 5) is 24.7. The van der Waals surface area contributed by atoms with Gasteiger partial charge < -0.3 is 9.47 Å². The molecule has 0 heterocycles. The average Bonchev–Trinajstić information content (AvgIpc) is 2.75. The van der Waals surface area contributed by atoms with Crippen LogP contribution in [0.25, 0.3) is 0 Å². The van der Waals surface area contributed by atoms with Gasteiger partial charge in [-0.1, -0.05) is 37.9 Å². The molecule has 3 aromatic carbocycles. The van der Waals surface area contributed by atoms with Crippen molar-refractivity contribution in [1.82, 2.24) is 5.43 Å². The van der Waals surface area contributed by atoms with E-state index >= 15 is 0 Å². The van der Waals surface area contributed by atoms with E-state index < -0.39 is 5.97 Å². The third kappa shape index (κ3) is 5.77. The van der Waals surface area contributed by atoms with Gasteiger partial charge in [0, 0.05) is 20.1 Å². The van der Waals surface area contributed by atoms with E-state index in [1.165, 1.54) is 6.21 Å². The Morgan fingerprint density at radius 3 is 2.37 bits per heavy atom. The molecule has 0 saturated heterocycles. The van der Waals surface area contributed by atoms with Crippen molar-refractivity contribution in [1.29, 1.82) is 0 Å². The second-order valence-electron chi connectivity index (χ2n) is 6.01. The molecular weight excluding hydrogens is 516 g/mol. The van der Waals surface area contributed by atoms with Gasteiger partial charge in [-0.15, -0.1) is 0 Å². The van der Waals surface area contributed by atoms with Crippen LogP contribution in [-0.4, -0.2) is 25.2 Å². The highest BCUT2D eigenvalue weighted by atomic mass is 79.9. The van der Waals surface area contributed by atoms with Gasteiger partial charge in [-0.25, -0.2) is 10.2 Å². The number of hydrazone groups is 1. The highest BCUT2D eigenvalue weighted by Gasteiger charge is 2.12.